The maximum atomic E-state index is 13.7. The number of nitrogens with zero attached hydrogens (tertiary/aromatic N) is 5. The van der Waals surface area contributed by atoms with Crippen molar-refractivity contribution in [1.82, 2.24) is 14.8 Å². The molecule has 2 heterocycles. The van der Waals surface area contributed by atoms with Gasteiger partial charge in [0.2, 0.25) is 0 Å². The van der Waals surface area contributed by atoms with E-state index in [1.165, 1.54) is 0 Å². The molecule has 1 unspecified atom stereocenters. The number of anilines is 1. The monoisotopic (exact) mass is 463 g/mol. The lowest BCUT2D eigenvalue weighted by atomic mass is 10.1. The summed E-state index contributed by atoms with van der Waals surface area (Å²) in [6.45, 7) is 3.72. The molecular formula is C28H25N5O2. The summed E-state index contributed by atoms with van der Waals surface area (Å²) in [7, 11) is 1.82. The van der Waals surface area contributed by atoms with Gasteiger partial charge in [-0.05, 0) is 38.1 Å². The Balaban J connectivity index is 1.60. The van der Waals surface area contributed by atoms with Crippen molar-refractivity contribution in [2.24, 2.45) is 4.99 Å². The molecule has 3 aromatic carbocycles. The first kappa shape index (κ1) is 22.4. The first-order chi connectivity index (χ1) is 17.0. The molecule has 1 atom stereocenters. The molecule has 1 fully saturated rings. The first-order valence-corrected chi connectivity index (χ1v) is 11.4. The van der Waals surface area contributed by atoms with Crippen LogP contribution in [0.2, 0.25) is 0 Å². The lowest BCUT2D eigenvalue weighted by Gasteiger charge is -2.25. The maximum absolute atomic E-state index is 13.7. The van der Waals surface area contributed by atoms with Crippen molar-refractivity contribution < 1.29 is 9.59 Å². The normalized spacial score (nSPS) is 17.3. The topological polar surface area (TPSA) is 70.8 Å². The molecule has 0 radical (unpaired) electrons. The van der Waals surface area contributed by atoms with Crippen molar-refractivity contribution in [3.8, 4) is 16.9 Å². The van der Waals surface area contributed by atoms with Crippen molar-refractivity contribution >= 4 is 23.2 Å². The number of amides is 2. The Hall–Kier alpha value is -4.36. The molecule has 7 heteroatoms. The third kappa shape index (κ3) is 3.96. The fourth-order valence-electron chi connectivity index (χ4n) is 4.33. The zero-order valence-electron chi connectivity index (χ0n) is 19.8. The molecule has 2 amide bonds. The number of hydrogen-bond acceptors (Lipinski definition) is 4. The molecule has 0 bridgehead atoms. The van der Waals surface area contributed by atoms with Gasteiger partial charge in [0, 0.05) is 12.6 Å². The smallest absolute Gasteiger partial charge is 0.267 e. The second-order valence-electron chi connectivity index (χ2n) is 8.43. The predicted molar refractivity (Wildman–Crippen MR) is 137 cm³/mol. The molecule has 4 aromatic rings. The predicted octanol–water partition coefficient (Wildman–Crippen LogP) is 4.71. The Morgan fingerprint density at radius 3 is 2.00 bits per heavy atom. The third-order valence-electron chi connectivity index (χ3n) is 6.28. The fraction of sp³-hybridized carbons (Fsp3) is 0.143. The van der Waals surface area contributed by atoms with Crippen LogP contribution < -0.4 is 5.01 Å². The van der Waals surface area contributed by atoms with Crippen LogP contribution in [-0.2, 0) is 4.79 Å². The Labute approximate surface area is 203 Å². The zero-order chi connectivity index (χ0) is 24.5. The van der Waals surface area contributed by atoms with E-state index >= 15 is 0 Å². The van der Waals surface area contributed by atoms with E-state index in [4.69, 9.17) is 5.10 Å². The van der Waals surface area contributed by atoms with E-state index in [0.717, 1.165) is 16.9 Å². The Morgan fingerprint density at radius 1 is 0.857 bits per heavy atom. The van der Waals surface area contributed by atoms with Crippen LogP contribution in [0.1, 0.15) is 23.0 Å². The highest BCUT2D eigenvalue weighted by molar-refractivity contribution is 6.48. The Kier molecular flexibility index (Phi) is 5.84. The lowest BCUT2D eigenvalue weighted by Crippen LogP contribution is -2.38. The molecular weight excluding hydrogens is 438 g/mol. The highest BCUT2D eigenvalue weighted by atomic mass is 16.2. The van der Waals surface area contributed by atoms with Crippen LogP contribution in [0.15, 0.2) is 96.0 Å². The highest BCUT2D eigenvalue weighted by Crippen LogP contribution is 2.29. The molecule has 5 rings (SSSR count). The van der Waals surface area contributed by atoms with Crippen molar-refractivity contribution in [2.75, 3.05) is 12.1 Å². The van der Waals surface area contributed by atoms with Crippen molar-refractivity contribution in [3.63, 3.8) is 0 Å². The van der Waals surface area contributed by atoms with Crippen molar-refractivity contribution in [3.05, 3.63) is 102 Å². The highest BCUT2D eigenvalue weighted by Gasteiger charge is 2.41. The van der Waals surface area contributed by atoms with Gasteiger partial charge in [0.1, 0.15) is 11.4 Å². The molecule has 1 saturated heterocycles. The fourth-order valence-corrected chi connectivity index (χ4v) is 4.33. The Bertz CT molecular complexity index is 1410. The number of hydrazine groups is 1. The summed E-state index contributed by atoms with van der Waals surface area (Å²) in [5, 5.41) is 8.13. The van der Waals surface area contributed by atoms with Gasteiger partial charge in [0.25, 0.3) is 11.8 Å². The second kappa shape index (κ2) is 9.12. The summed E-state index contributed by atoms with van der Waals surface area (Å²) >= 11 is 0. The number of rotatable bonds is 4. The van der Waals surface area contributed by atoms with E-state index in [-0.39, 0.29) is 17.7 Å². The SMILES string of the molecule is Cc1c(C(=O)N=C2C(=O)N(c3ccccc3)N(C)C2C)c(-c2ccccc2)nn1-c1ccccc1. The van der Waals surface area contributed by atoms with Crippen LogP contribution in [0, 0.1) is 6.92 Å². The average molecular weight is 464 g/mol. The molecule has 7 nitrogen and oxygen atoms in total. The molecule has 1 aromatic heterocycles. The number of carbonyl (C=O) groups is 2. The van der Waals surface area contributed by atoms with Crippen molar-refractivity contribution in [1.29, 1.82) is 0 Å². The van der Waals surface area contributed by atoms with Crippen molar-refractivity contribution in [2.45, 2.75) is 19.9 Å². The van der Waals surface area contributed by atoms with E-state index in [1.807, 2.05) is 112 Å². The largest absolute Gasteiger partial charge is 0.289 e. The van der Waals surface area contributed by atoms with Crippen LogP contribution in [-0.4, -0.2) is 45.4 Å². The van der Waals surface area contributed by atoms with Gasteiger partial charge < -0.3 is 0 Å². The lowest BCUT2D eigenvalue weighted by molar-refractivity contribution is -0.113. The minimum Gasteiger partial charge on any atom is -0.267 e. The number of aromatic nitrogens is 2. The van der Waals surface area contributed by atoms with Gasteiger partial charge in [-0.3, -0.25) is 9.59 Å². The maximum Gasteiger partial charge on any atom is 0.289 e. The Morgan fingerprint density at radius 2 is 1.40 bits per heavy atom. The standard InChI is InChI=1S/C28H25N5O2/c1-19-24(26(21-13-7-4-8-14-21)30-32(19)22-15-9-5-10-16-22)27(34)29-25-20(2)31(3)33(28(25)35)23-17-11-6-12-18-23/h4-18,20H,1-3H3. The van der Waals surface area contributed by atoms with Gasteiger partial charge in [0.15, 0.2) is 0 Å². The summed E-state index contributed by atoms with van der Waals surface area (Å²) in [6.07, 6.45) is 0. The number of carbonyl (C=O) groups excluding carboxylic acids is 2. The summed E-state index contributed by atoms with van der Waals surface area (Å²) in [6, 6.07) is 28.2. The minimum absolute atomic E-state index is 0.201. The molecule has 1 aliphatic heterocycles. The summed E-state index contributed by atoms with van der Waals surface area (Å²) in [5.41, 5.74) is 4.16. The van der Waals surface area contributed by atoms with Gasteiger partial charge in [0.05, 0.1) is 28.7 Å². The molecule has 0 aliphatic carbocycles. The second-order valence-corrected chi connectivity index (χ2v) is 8.43. The van der Waals surface area contributed by atoms with Crippen LogP contribution in [0.5, 0.6) is 0 Å². The number of hydrogen-bond donors (Lipinski definition) is 0. The van der Waals surface area contributed by atoms with Gasteiger partial charge in [-0.25, -0.2) is 19.7 Å². The van der Waals surface area contributed by atoms with E-state index in [1.54, 1.807) is 14.7 Å². The van der Waals surface area contributed by atoms with Crippen LogP contribution >= 0.6 is 0 Å². The molecule has 0 N–H and O–H groups in total. The number of benzene rings is 3. The van der Waals surface area contributed by atoms with Gasteiger partial charge in [-0.2, -0.15) is 5.10 Å². The average Bonchev–Trinajstić information content (AvgIpc) is 3.34. The minimum atomic E-state index is -0.484. The summed E-state index contributed by atoms with van der Waals surface area (Å²) < 4.78 is 1.75. The molecule has 0 saturated carbocycles. The first-order valence-electron chi connectivity index (χ1n) is 11.4. The molecule has 1 aliphatic rings. The number of aliphatic imine (C=N–C) groups is 1. The summed E-state index contributed by atoms with van der Waals surface area (Å²) in [5.74, 6) is -0.795. The van der Waals surface area contributed by atoms with Gasteiger partial charge in [-0.1, -0.05) is 66.7 Å². The molecule has 0 spiro atoms. The zero-order valence-corrected chi connectivity index (χ0v) is 19.8. The molecule has 35 heavy (non-hydrogen) atoms. The third-order valence-corrected chi connectivity index (χ3v) is 6.28. The van der Waals surface area contributed by atoms with E-state index < -0.39 is 5.91 Å². The number of para-hydroxylation sites is 2. The quantitative estimate of drug-likeness (QED) is 0.439. The van der Waals surface area contributed by atoms with Gasteiger partial charge in [-0.15, -0.1) is 0 Å². The van der Waals surface area contributed by atoms with Crippen LogP contribution in [0.3, 0.4) is 0 Å². The van der Waals surface area contributed by atoms with E-state index in [0.29, 0.717) is 17.0 Å². The van der Waals surface area contributed by atoms with Gasteiger partial charge >= 0.3 is 0 Å². The van der Waals surface area contributed by atoms with Crippen LogP contribution in [0.4, 0.5) is 5.69 Å². The van der Waals surface area contributed by atoms with E-state index in [9.17, 15) is 9.59 Å². The van der Waals surface area contributed by atoms with E-state index in [2.05, 4.69) is 4.99 Å². The summed E-state index contributed by atoms with van der Waals surface area (Å²) in [4.78, 5) is 31.4. The molecule has 174 valence electrons. The van der Waals surface area contributed by atoms with Crippen LogP contribution in [0.25, 0.3) is 16.9 Å².